The first-order valence-corrected chi connectivity index (χ1v) is 7.96. The maximum Gasteiger partial charge on any atom is 0.573 e. The van der Waals surface area contributed by atoms with Crippen LogP contribution in [0, 0.1) is 0 Å². The Hall–Kier alpha value is -3.24. The quantitative estimate of drug-likeness (QED) is 0.605. The number of ketones is 1. The van der Waals surface area contributed by atoms with Crippen molar-refractivity contribution >= 4 is 11.7 Å². The van der Waals surface area contributed by atoms with Crippen molar-refractivity contribution in [2.45, 2.75) is 24.7 Å². The van der Waals surface area contributed by atoms with Gasteiger partial charge in [-0.1, -0.05) is 24.3 Å². The Morgan fingerprint density at radius 1 is 0.793 bits per heavy atom. The van der Waals surface area contributed by atoms with Gasteiger partial charge in [0.1, 0.15) is 11.5 Å². The van der Waals surface area contributed by atoms with Crippen LogP contribution in [0.5, 0.6) is 11.5 Å². The van der Waals surface area contributed by atoms with E-state index >= 15 is 0 Å². The molecule has 0 aliphatic carbocycles. The van der Waals surface area contributed by atoms with Gasteiger partial charge in [-0.2, -0.15) is 0 Å². The SMILES string of the molecule is O=C1C[C@@](c2ccc(OC(F)(F)F)cc2)(c2cccc(OC(F)(F)F)c2)NC1=O. The van der Waals surface area contributed by atoms with Gasteiger partial charge in [-0.15, -0.1) is 26.3 Å². The van der Waals surface area contributed by atoms with Crippen LogP contribution >= 0.6 is 0 Å². The van der Waals surface area contributed by atoms with Gasteiger partial charge < -0.3 is 14.8 Å². The molecule has 0 radical (unpaired) electrons. The number of Topliss-reactive ketones (excluding diaryl/α,β-unsaturated/α-hetero) is 1. The predicted molar refractivity (Wildman–Crippen MR) is 84.8 cm³/mol. The van der Waals surface area contributed by atoms with Gasteiger partial charge in [0.2, 0.25) is 5.78 Å². The number of carbonyl (C=O) groups excluding carboxylic acids is 2. The molecule has 1 aliphatic heterocycles. The van der Waals surface area contributed by atoms with Crippen LogP contribution in [0.25, 0.3) is 0 Å². The van der Waals surface area contributed by atoms with Gasteiger partial charge in [0, 0.05) is 6.42 Å². The van der Waals surface area contributed by atoms with Gasteiger partial charge in [-0.3, -0.25) is 9.59 Å². The summed E-state index contributed by atoms with van der Waals surface area (Å²) in [5.41, 5.74) is -1.31. The molecule has 1 heterocycles. The highest BCUT2D eigenvalue weighted by Crippen LogP contribution is 2.39. The molecule has 0 bridgehead atoms. The van der Waals surface area contributed by atoms with Crippen molar-refractivity contribution < 1.29 is 45.4 Å². The summed E-state index contributed by atoms with van der Waals surface area (Å²) in [4.78, 5) is 23.8. The summed E-state index contributed by atoms with van der Waals surface area (Å²) in [6.07, 6.45) is -10.3. The Labute approximate surface area is 159 Å². The highest BCUT2D eigenvalue weighted by Gasteiger charge is 2.46. The number of alkyl halides is 6. The van der Waals surface area contributed by atoms with Gasteiger partial charge in [-0.25, -0.2) is 0 Å². The summed E-state index contributed by atoms with van der Waals surface area (Å²) in [7, 11) is 0. The number of carbonyl (C=O) groups is 2. The summed E-state index contributed by atoms with van der Waals surface area (Å²) in [6, 6.07) is 8.91. The van der Waals surface area contributed by atoms with Gasteiger partial charge >= 0.3 is 12.7 Å². The Morgan fingerprint density at radius 3 is 1.90 bits per heavy atom. The topological polar surface area (TPSA) is 64.6 Å². The van der Waals surface area contributed by atoms with Gasteiger partial charge in [0.25, 0.3) is 5.91 Å². The van der Waals surface area contributed by atoms with E-state index in [0.717, 1.165) is 24.3 Å². The van der Waals surface area contributed by atoms with Gasteiger partial charge in [0.15, 0.2) is 0 Å². The lowest BCUT2D eigenvalue weighted by molar-refractivity contribution is -0.275. The molecule has 3 rings (SSSR count). The minimum Gasteiger partial charge on any atom is -0.406 e. The number of halogens is 6. The molecular formula is C18H11F6NO4. The summed E-state index contributed by atoms with van der Waals surface area (Å²) in [6.45, 7) is 0. The van der Waals surface area contributed by atoms with Crippen molar-refractivity contribution in [3.63, 3.8) is 0 Å². The third-order valence-electron chi connectivity index (χ3n) is 4.15. The van der Waals surface area contributed by atoms with E-state index in [2.05, 4.69) is 14.8 Å². The van der Waals surface area contributed by atoms with E-state index in [4.69, 9.17) is 0 Å². The molecular weight excluding hydrogens is 408 g/mol. The zero-order valence-corrected chi connectivity index (χ0v) is 14.2. The summed E-state index contributed by atoms with van der Waals surface area (Å²) >= 11 is 0. The average molecular weight is 419 g/mol. The van der Waals surface area contributed by atoms with Crippen LogP contribution in [0.15, 0.2) is 48.5 Å². The lowest BCUT2D eigenvalue weighted by Gasteiger charge is -2.30. The minimum atomic E-state index is -4.96. The van der Waals surface area contributed by atoms with Crippen molar-refractivity contribution in [1.29, 1.82) is 0 Å². The minimum absolute atomic E-state index is 0.0861. The van der Waals surface area contributed by atoms with E-state index in [9.17, 15) is 35.9 Å². The molecule has 1 saturated heterocycles. The van der Waals surface area contributed by atoms with Crippen molar-refractivity contribution in [2.75, 3.05) is 0 Å². The van der Waals surface area contributed by atoms with E-state index in [1.165, 1.54) is 24.3 Å². The molecule has 0 spiro atoms. The first-order valence-electron chi connectivity index (χ1n) is 7.96. The molecule has 1 atom stereocenters. The first kappa shape index (κ1) is 20.5. The normalized spacial score (nSPS) is 19.8. The van der Waals surface area contributed by atoms with E-state index in [1.807, 2.05) is 0 Å². The van der Waals surface area contributed by atoms with Crippen molar-refractivity contribution in [2.24, 2.45) is 0 Å². The molecule has 2 aromatic rings. The van der Waals surface area contributed by atoms with Crippen molar-refractivity contribution in [1.82, 2.24) is 5.32 Å². The number of nitrogens with one attached hydrogen (secondary N) is 1. The summed E-state index contributed by atoms with van der Waals surface area (Å²) in [5.74, 6) is -2.92. The summed E-state index contributed by atoms with van der Waals surface area (Å²) in [5, 5.41) is 2.42. The molecule has 29 heavy (non-hydrogen) atoms. The molecule has 11 heteroatoms. The molecule has 154 valence electrons. The largest absolute Gasteiger partial charge is 0.573 e. The van der Waals surface area contributed by atoms with Crippen molar-refractivity contribution in [3.05, 3.63) is 59.7 Å². The van der Waals surface area contributed by atoms with Crippen LogP contribution in [-0.2, 0) is 15.1 Å². The fourth-order valence-corrected chi connectivity index (χ4v) is 3.04. The smallest absolute Gasteiger partial charge is 0.406 e. The van der Waals surface area contributed by atoms with E-state index in [0.29, 0.717) is 0 Å². The molecule has 0 saturated carbocycles. The molecule has 1 amide bonds. The van der Waals surface area contributed by atoms with Gasteiger partial charge in [-0.05, 0) is 35.4 Å². The monoisotopic (exact) mass is 419 g/mol. The predicted octanol–water partition coefficient (Wildman–Crippen LogP) is 3.82. The second-order valence-corrected chi connectivity index (χ2v) is 6.11. The number of hydrogen-bond donors (Lipinski definition) is 1. The molecule has 0 aromatic heterocycles. The molecule has 2 aromatic carbocycles. The maximum atomic E-state index is 12.5. The molecule has 1 N–H and O–H groups in total. The molecule has 1 aliphatic rings. The Morgan fingerprint density at radius 2 is 1.38 bits per heavy atom. The Balaban J connectivity index is 2.03. The van der Waals surface area contributed by atoms with Crippen LogP contribution in [0.4, 0.5) is 26.3 Å². The fourth-order valence-electron chi connectivity index (χ4n) is 3.04. The number of amides is 1. The highest BCUT2D eigenvalue weighted by molar-refractivity contribution is 6.38. The van der Waals surface area contributed by atoms with Crippen LogP contribution in [-0.4, -0.2) is 24.4 Å². The molecule has 5 nitrogen and oxygen atoms in total. The van der Waals surface area contributed by atoms with Crippen LogP contribution in [0.3, 0.4) is 0 Å². The number of ether oxygens (including phenoxy) is 2. The molecule has 1 fully saturated rings. The van der Waals surface area contributed by atoms with E-state index in [1.54, 1.807) is 0 Å². The fraction of sp³-hybridized carbons (Fsp3) is 0.222. The third kappa shape index (κ3) is 4.61. The lowest BCUT2D eigenvalue weighted by atomic mass is 9.81. The standard InChI is InChI=1S/C18H11F6NO4/c19-17(20,21)28-12-6-4-10(5-7-12)16(9-14(26)15(27)25-16)11-2-1-3-13(8-11)29-18(22,23)24/h1-8H,9H2,(H,25,27)/t16-/m1/s1. The average Bonchev–Trinajstić information content (AvgIpc) is 2.89. The van der Waals surface area contributed by atoms with Crippen LogP contribution in [0.1, 0.15) is 17.5 Å². The number of hydrogen-bond acceptors (Lipinski definition) is 4. The summed E-state index contributed by atoms with van der Waals surface area (Å²) < 4.78 is 82.2. The van der Waals surface area contributed by atoms with Crippen LogP contribution < -0.4 is 14.8 Å². The molecule has 0 unspecified atom stereocenters. The second kappa shape index (κ2) is 6.98. The van der Waals surface area contributed by atoms with Gasteiger partial charge in [0.05, 0.1) is 5.54 Å². The van der Waals surface area contributed by atoms with E-state index < -0.39 is 47.9 Å². The number of rotatable bonds is 4. The third-order valence-corrected chi connectivity index (χ3v) is 4.15. The zero-order chi connectivity index (χ0) is 21.4. The van der Waals surface area contributed by atoms with Crippen molar-refractivity contribution in [3.8, 4) is 11.5 Å². The number of benzene rings is 2. The maximum absolute atomic E-state index is 12.5. The second-order valence-electron chi connectivity index (χ2n) is 6.11. The highest BCUT2D eigenvalue weighted by atomic mass is 19.4. The van der Waals surface area contributed by atoms with Crippen LogP contribution in [0.2, 0.25) is 0 Å². The Kier molecular flexibility index (Phi) is 4.93. The lowest BCUT2D eigenvalue weighted by Crippen LogP contribution is -2.40. The zero-order valence-electron chi connectivity index (χ0n) is 14.2. The first-order chi connectivity index (χ1) is 13.4. The van der Waals surface area contributed by atoms with E-state index in [-0.39, 0.29) is 11.1 Å². The Bertz CT molecular complexity index is 921.